The molecule has 0 fully saturated rings. The van der Waals surface area contributed by atoms with E-state index >= 15 is 0 Å². The smallest absolute Gasteiger partial charge is 0.303 e. The summed E-state index contributed by atoms with van der Waals surface area (Å²) >= 11 is 0. The third kappa shape index (κ3) is 9.46. The SMILES string of the molecule is CCO[C@@H](O)[C@H](OC(C)=O)[C@H](OC(C)=O)[C@H](OC(C)=O)[C@@H](COC(c1ccccc1)(c1ccccc1)c1ccccc1)OC(C)=O. The van der Waals surface area contributed by atoms with Crippen LogP contribution >= 0.6 is 0 Å². The number of ether oxygens (including phenoxy) is 6. The summed E-state index contributed by atoms with van der Waals surface area (Å²) in [6.07, 6.45) is -8.28. The highest BCUT2D eigenvalue weighted by molar-refractivity contribution is 5.69. The fourth-order valence-corrected chi connectivity index (χ4v) is 5.19. The molecule has 0 aromatic heterocycles. The lowest BCUT2D eigenvalue weighted by molar-refractivity contribution is -0.239. The Balaban J connectivity index is 2.22. The van der Waals surface area contributed by atoms with Gasteiger partial charge in [0.1, 0.15) is 5.60 Å². The first-order valence-electron chi connectivity index (χ1n) is 14.8. The van der Waals surface area contributed by atoms with Gasteiger partial charge in [-0.3, -0.25) is 19.2 Å². The second-order valence-electron chi connectivity index (χ2n) is 10.3. The monoisotopic (exact) mass is 636 g/mol. The first-order valence-corrected chi connectivity index (χ1v) is 14.8. The third-order valence-corrected chi connectivity index (χ3v) is 6.86. The Kier molecular flexibility index (Phi) is 13.4. The molecule has 0 saturated heterocycles. The van der Waals surface area contributed by atoms with Gasteiger partial charge in [0.05, 0.1) is 6.61 Å². The van der Waals surface area contributed by atoms with Crippen molar-refractivity contribution >= 4 is 23.9 Å². The van der Waals surface area contributed by atoms with E-state index < -0.39 is 66.8 Å². The Labute approximate surface area is 268 Å². The number of carbonyl (C=O) groups excluding carboxylic acids is 4. The molecule has 0 spiro atoms. The molecule has 3 aromatic carbocycles. The summed E-state index contributed by atoms with van der Waals surface area (Å²) in [5.41, 5.74) is 0.928. The van der Waals surface area contributed by atoms with Gasteiger partial charge in [-0.05, 0) is 23.6 Å². The van der Waals surface area contributed by atoms with Crippen molar-refractivity contribution in [3.8, 4) is 0 Å². The maximum atomic E-state index is 12.5. The predicted octanol–water partition coefficient (Wildman–Crippen LogP) is 4.08. The van der Waals surface area contributed by atoms with Gasteiger partial charge in [-0.2, -0.15) is 0 Å². The zero-order valence-electron chi connectivity index (χ0n) is 26.5. The van der Waals surface area contributed by atoms with Crippen LogP contribution in [0.5, 0.6) is 0 Å². The van der Waals surface area contributed by atoms with Gasteiger partial charge >= 0.3 is 23.9 Å². The Bertz CT molecular complexity index is 1320. The Morgan fingerprint density at radius 3 is 1.33 bits per heavy atom. The molecule has 0 saturated carbocycles. The normalized spacial score (nSPS) is 14.6. The molecule has 3 aromatic rings. The highest BCUT2D eigenvalue weighted by atomic mass is 16.7. The molecule has 0 aliphatic rings. The zero-order valence-corrected chi connectivity index (χ0v) is 26.5. The number of carbonyl (C=O) groups is 4. The third-order valence-electron chi connectivity index (χ3n) is 6.86. The lowest BCUT2D eigenvalue weighted by atomic mass is 9.80. The molecule has 3 rings (SSSR count). The summed E-state index contributed by atoms with van der Waals surface area (Å²) < 4.78 is 34.2. The Morgan fingerprint density at radius 1 is 0.587 bits per heavy atom. The largest absolute Gasteiger partial charge is 0.456 e. The molecule has 46 heavy (non-hydrogen) atoms. The van der Waals surface area contributed by atoms with E-state index in [1.807, 2.05) is 91.0 Å². The van der Waals surface area contributed by atoms with Gasteiger partial charge in [0.2, 0.25) is 0 Å². The van der Waals surface area contributed by atoms with Gasteiger partial charge in [0.25, 0.3) is 0 Å². The van der Waals surface area contributed by atoms with Gasteiger partial charge in [-0.15, -0.1) is 0 Å². The van der Waals surface area contributed by atoms with E-state index in [1.165, 1.54) is 0 Å². The molecule has 0 amide bonds. The van der Waals surface area contributed by atoms with E-state index in [-0.39, 0.29) is 6.61 Å². The summed E-state index contributed by atoms with van der Waals surface area (Å²) in [6, 6.07) is 28.1. The first-order chi connectivity index (χ1) is 22.0. The van der Waals surface area contributed by atoms with Crippen LogP contribution in [0, 0.1) is 0 Å². The molecular formula is C35H40O11. The summed E-state index contributed by atoms with van der Waals surface area (Å²) in [7, 11) is 0. The number of hydrogen-bond acceptors (Lipinski definition) is 11. The van der Waals surface area contributed by atoms with Gasteiger partial charge in [0, 0.05) is 34.3 Å². The van der Waals surface area contributed by atoms with E-state index in [1.54, 1.807) is 6.92 Å². The summed E-state index contributed by atoms with van der Waals surface area (Å²) in [5, 5.41) is 10.8. The Morgan fingerprint density at radius 2 is 0.957 bits per heavy atom. The minimum atomic E-state index is -1.81. The minimum Gasteiger partial charge on any atom is -0.456 e. The van der Waals surface area contributed by atoms with Gasteiger partial charge in [0.15, 0.2) is 30.7 Å². The number of rotatable bonds is 16. The average molecular weight is 637 g/mol. The molecule has 0 heterocycles. The number of aliphatic hydroxyl groups is 1. The number of benzene rings is 3. The van der Waals surface area contributed by atoms with E-state index in [0.717, 1.165) is 44.4 Å². The van der Waals surface area contributed by atoms with E-state index in [4.69, 9.17) is 28.4 Å². The number of hydrogen-bond donors (Lipinski definition) is 1. The van der Waals surface area contributed by atoms with Gasteiger partial charge in [-0.1, -0.05) is 91.0 Å². The lowest BCUT2D eigenvalue weighted by Gasteiger charge is -2.40. The molecular weight excluding hydrogens is 596 g/mol. The molecule has 0 aliphatic carbocycles. The molecule has 5 atom stereocenters. The van der Waals surface area contributed by atoms with E-state index in [9.17, 15) is 24.3 Å². The molecule has 246 valence electrons. The van der Waals surface area contributed by atoms with E-state index in [0.29, 0.717) is 0 Å². The van der Waals surface area contributed by atoms with Gasteiger partial charge in [-0.25, -0.2) is 0 Å². The molecule has 0 bridgehead atoms. The van der Waals surface area contributed by atoms with Crippen LogP contribution in [0.2, 0.25) is 0 Å². The Hall–Kier alpha value is -4.58. The van der Waals surface area contributed by atoms with Crippen LogP contribution in [0.15, 0.2) is 91.0 Å². The second-order valence-corrected chi connectivity index (χ2v) is 10.3. The number of aliphatic hydroxyl groups excluding tert-OH is 1. The summed E-state index contributed by atoms with van der Waals surface area (Å²) in [5.74, 6) is -3.32. The molecule has 11 heteroatoms. The van der Waals surface area contributed by atoms with Crippen molar-refractivity contribution in [2.24, 2.45) is 0 Å². The van der Waals surface area contributed by atoms with Crippen molar-refractivity contribution in [2.45, 2.75) is 70.9 Å². The minimum absolute atomic E-state index is 0.00577. The predicted molar refractivity (Wildman–Crippen MR) is 165 cm³/mol. The van der Waals surface area contributed by atoms with E-state index in [2.05, 4.69) is 0 Å². The van der Waals surface area contributed by atoms with Crippen LogP contribution in [0.25, 0.3) is 0 Å². The maximum Gasteiger partial charge on any atom is 0.303 e. The summed E-state index contributed by atoms with van der Waals surface area (Å²) in [4.78, 5) is 49.5. The fourth-order valence-electron chi connectivity index (χ4n) is 5.19. The first kappa shape index (κ1) is 35.9. The van der Waals surface area contributed by atoms with Gasteiger partial charge < -0.3 is 33.5 Å². The topological polar surface area (TPSA) is 144 Å². The van der Waals surface area contributed by atoms with Crippen LogP contribution in [-0.2, 0) is 53.2 Å². The lowest BCUT2D eigenvalue weighted by Crippen LogP contribution is -2.56. The molecule has 0 unspecified atom stereocenters. The van der Waals surface area contributed by atoms with Crippen molar-refractivity contribution in [1.29, 1.82) is 0 Å². The zero-order chi connectivity index (χ0) is 33.7. The standard InChI is InChI=1S/C35H40O11/c1-6-41-34(40)33(46-26(5)39)32(45-25(4)38)31(44-24(3)37)30(43-23(2)36)22-42-35(27-16-10-7-11-17-27,28-18-12-8-13-19-28)29-20-14-9-15-21-29/h7-21,30-34,40H,6,22H2,1-5H3/t30-,31-,32-,33-,34-/m1/s1. The molecule has 1 N–H and O–H groups in total. The summed E-state index contributed by atoms with van der Waals surface area (Å²) in [6.45, 7) is 5.57. The van der Waals surface area contributed by atoms with Crippen LogP contribution in [0.1, 0.15) is 51.3 Å². The van der Waals surface area contributed by atoms with Crippen molar-refractivity contribution in [1.82, 2.24) is 0 Å². The fraction of sp³-hybridized carbons (Fsp3) is 0.371. The quantitative estimate of drug-likeness (QED) is 0.105. The molecule has 0 aliphatic heterocycles. The van der Waals surface area contributed by atoms with Crippen LogP contribution in [0.4, 0.5) is 0 Å². The van der Waals surface area contributed by atoms with Crippen LogP contribution in [0.3, 0.4) is 0 Å². The van der Waals surface area contributed by atoms with Crippen molar-refractivity contribution in [3.05, 3.63) is 108 Å². The maximum absolute atomic E-state index is 12.5. The van der Waals surface area contributed by atoms with Crippen molar-refractivity contribution in [2.75, 3.05) is 13.2 Å². The highest BCUT2D eigenvalue weighted by Crippen LogP contribution is 2.41. The van der Waals surface area contributed by atoms with Crippen molar-refractivity contribution < 1.29 is 52.7 Å². The average Bonchev–Trinajstić information content (AvgIpc) is 3.02. The highest BCUT2D eigenvalue weighted by Gasteiger charge is 2.48. The van der Waals surface area contributed by atoms with Crippen LogP contribution < -0.4 is 0 Å². The molecule has 0 radical (unpaired) electrons. The van der Waals surface area contributed by atoms with Crippen molar-refractivity contribution in [3.63, 3.8) is 0 Å². The number of esters is 4. The molecule has 11 nitrogen and oxygen atoms in total. The second kappa shape index (κ2) is 17.2. The van der Waals surface area contributed by atoms with Crippen LogP contribution in [-0.4, -0.2) is 72.9 Å².